The number of hydrogen-bond donors (Lipinski definition) is 0. The first-order valence-electron chi connectivity index (χ1n) is 18.3. The maximum absolute atomic E-state index is 10.9. The van der Waals surface area contributed by atoms with Gasteiger partial charge in [-0.25, -0.2) is 0 Å². The first-order valence-corrected chi connectivity index (χ1v) is 18.3. The zero-order chi connectivity index (χ0) is 36.6. The van der Waals surface area contributed by atoms with Crippen LogP contribution in [0.2, 0.25) is 0 Å². The Morgan fingerprint density at radius 1 is 0.345 bits per heavy atom. The lowest BCUT2D eigenvalue weighted by Crippen LogP contribution is -2.01. The zero-order valence-electron chi connectivity index (χ0n) is 29.5. The van der Waals surface area contributed by atoms with Crippen LogP contribution in [0, 0.1) is 22.7 Å². The van der Waals surface area contributed by atoms with E-state index in [1.807, 2.05) is 42.5 Å². The van der Waals surface area contributed by atoms with Gasteiger partial charge in [0.05, 0.1) is 61.7 Å². The summed E-state index contributed by atoms with van der Waals surface area (Å²) in [7, 11) is 0. The van der Waals surface area contributed by atoms with Crippen LogP contribution in [0.4, 0.5) is 0 Å². The normalized spacial score (nSPS) is 11.6. The van der Waals surface area contributed by atoms with E-state index in [-0.39, 0.29) is 0 Å². The van der Waals surface area contributed by atoms with Crippen molar-refractivity contribution >= 4 is 65.4 Å². The van der Waals surface area contributed by atoms with Crippen molar-refractivity contribution in [3.8, 4) is 40.3 Å². The molecule has 0 saturated carbocycles. The van der Waals surface area contributed by atoms with Crippen molar-refractivity contribution in [3.63, 3.8) is 0 Å². The molecule has 0 atom stereocenters. The van der Waals surface area contributed by atoms with Crippen LogP contribution in [0.15, 0.2) is 176 Å². The Hall–Kier alpha value is -7.86. The highest BCUT2D eigenvalue weighted by atomic mass is 15.0. The minimum atomic E-state index is 0.575. The van der Waals surface area contributed by atoms with Gasteiger partial charge in [-0.05, 0) is 72.3 Å². The third-order valence-corrected chi connectivity index (χ3v) is 11.1. The van der Waals surface area contributed by atoms with E-state index in [9.17, 15) is 10.5 Å². The Bertz CT molecular complexity index is 3420. The van der Waals surface area contributed by atoms with E-state index < -0.39 is 0 Å². The molecule has 0 fully saturated rings. The summed E-state index contributed by atoms with van der Waals surface area (Å²) in [6, 6.07) is 65.9. The van der Waals surface area contributed by atoms with Crippen LogP contribution >= 0.6 is 0 Å². The largest absolute Gasteiger partial charge is 0.309 e. The van der Waals surface area contributed by atoms with E-state index in [1.165, 1.54) is 10.8 Å². The highest BCUT2D eigenvalue weighted by Gasteiger charge is 2.20. The van der Waals surface area contributed by atoms with Crippen molar-refractivity contribution < 1.29 is 0 Å². The van der Waals surface area contributed by atoms with Gasteiger partial charge < -0.3 is 13.7 Å². The topological polar surface area (TPSA) is 62.4 Å². The van der Waals surface area contributed by atoms with Gasteiger partial charge in [0.25, 0.3) is 0 Å². The molecule has 3 aromatic heterocycles. The molecule has 0 aliphatic rings. The molecule has 0 unspecified atom stereocenters. The second-order valence-corrected chi connectivity index (χ2v) is 14.0. The second-order valence-electron chi connectivity index (χ2n) is 14.0. The molecule has 0 bridgehead atoms. The number of aromatic nitrogens is 3. The Balaban J connectivity index is 1.13. The van der Waals surface area contributed by atoms with Gasteiger partial charge in [0.1, 0.15) is 6.07 Å². The molecular weight excluding hydrogens is 671 g/mol. The zero-order valence-corrected chi connectivity index (χ0v) is 29.5. The average Bonchev–Trinajstić information content (AvgIpc) is 3.88. The molecule has 0 saturated heterocycles. The van der Waals surface area contributed by atoms with E-state index >= 15 is 0 Å². The smallest absolute Gasteiger partial charge is 0.101 e. The number of nitrogens with zero attached hydrogens (tertiary/aromatic N) is 5. The number of benzene rings is 8. The Morgan fingerprint density at radius 3 is 1.44 bits per heavy atom. The average molecular weight is 700 g/mol. The fourth-order valence-electron chi connectivity index (χ4n) is 8.76. The molecule has 0 aliphatic carbocycles. The number of fused-ring (bicyclic) bond motifs is 9. The molecule has 3 heterocycles. The van der Waals surface area contributed by atoms with Crippen molar-refractivity contribution in [2.45, 2.75) is 0 Å². The Kier molecular flexibility index (Phi) is 6.61. The minimum absolute atomic E-state index is 0.575. The molecule has 0 radical (unpaired) electrons. The van der Waals surface area contributed by atoms with E-state index in [2.05, 4.69) is 159 Å². The standard InChI is InChI=1S/C50H29N5/c51-30-32-21-24-41-39-14-5-10-20-48(39)55(49(41)27-32)44-16-6-1-11-36(44)33-22-26-43(34(28-33)31-52)54-47-19-9-4-15-40(47)42-25-23-35(29-50(42)54)53-45-17-7-2-12-37(45)38-13-3-8-18-46(38)53/h1-29H. The van der Waals surface area contributed by atoms with Crippen LogP contribution in [-0.4, -0.2) is 13.7 Å². The van der Waals surface area contributed by atoms with Crippen LogP contribution in [0.3, 0.4) is 0 Å². The number of hydrogen-bond acceptors (Lipinski definition) is 2. The van der Waals surface area contributed by atoms with Crippen molar-refractivity contribution in [1.82, 2.24) is 13.7 Å². The molecule has 5 heteroatoms. The van der Waals surface area contributed by atoms with Gasteiger partial charge in [0.15, 0.2) is 0 Å². The lowest BCUT2D eigenvalue weighted by atomic mass is 10.00. The highest BCUT2D eigenvalue weighted by molar-refractivity contribution is 6.13. The van der Waals surface area contributed by atoms with Gasteiger partial charge in [-0.2, -0.15) is 10.5 Å². The molecule has 0 spiro atoms. The first kappa shape index (κ1) is 30.7. The van der Waals surface area contributed by atoms with E-state index in [1.54, 1.807) is 0 Å². The quantitative estimate of drug-likeness (QED) is 0.184. The summed E-state index contributed by atoms with van der Waals surface area (Å²) in [6.45, 7) is 0. The number of para-hydroxylation sites is 5. The third-order valence-electron chi connectivity index (χ3n) is 11.1. The monoisotopic (exact) mass is 699 g/mol. The van der Waals surface area contributed by atoms with Crippen LogP contribution in [-0.2, 0) is 0 Å². The van der Waals surface area contributed by atoms with Crippen LogP contribution in [0.25, 0.3) is 93.6 Å². The Labute approximate surface area is 316 Å². The predicted octanol–water partition coefficient (Wildman–Crippen LogP) is 12.4. The maximum Gasteiger partial charge on any atom is 0.101 e. The van der Waals surface area contributed by atoms with Crippen molar-refractivity contribution in [1.29, 1.82) is 10.5 Å². The first-order chi connectivity index (χ1) is 27.2. The second kappa shape index (κ2) is 11.8. The summed E-state index contributed by atoms with van der Waals surface area (Å²) in [5.74, 6) is 0. The van der Waals surface area contributed by atoms with Crippen LogP contribution < -0.4 is 0 Å². The molecule has 5 nitrogen and oxygen atoms in total. The lowest BCUT2D eigenvalue weighted by molar-refractivity contribution is 1.15. The summed E-state index contributed by atoms with van der Waals surface area (Å²) in [5, 5.41) is 27.6. The van der Waals surface area contributed by atoms with Gasteiger partial charge in [-0.15, -0.1) is 0 Å². The van der Waals surface area contributed by atoms with Gasteiger partial charge >= 0.3 is 0 Å². The summed E-state index contributed by atoms with van der Waals surface area (Å²) in [4.78, 5) is 0. The van der Waals surface area contributed by atoms with Gasteiger partial charge in [0.2, 0.25) is 0 Å². The summed E-state index contributed by atoms with van der Waals surface area (Å²) in [5.41, 5.74) is 12.4. The van der Waals surface area contributed by atoms with E-state index in [0.717, 1.165) is 82.8 Å². The molecule has 254 valence electrons. The van der Waals surface area contributed by atoms with Gasteiger partial charge in [0, 0.05) is 43.6 Å². The fraction of sp³-hybridized carbons (Fsp3) is 0. The van der Waals surface area contributed by atoms with E-state index in [0.29, 0.717) is 11.1 Å². The minimum Gasteiger partial charge on any atom is -0.309 e. The molecule has 55 heavy (non-hydrogen) atoms. The predicted molar refractivity (Wildman–Crippen MR) is 224 cm³/mol. The fourth-order valence-corrected chi connectivity index (χ4v) is 8.76. The van der Waals surface area contributed by atoms with Crippen LogP contribution in [0.1, 0.15) is 11.1 Å². The molecule has 0 amide bonds. The molecule has 0 N–H and O–H groups in total. The Morgan fingerprint density at radius 2 is 0.836 bits per heavy atom. The van der Waals surface area contributed by atoms with Crippen molar-refractivity contribution in [3.05, 3.63) is 187 Å². The third kappa shape index (κ3) is 4.45. The van der Waals surface area contributed by atoms with E-state index in [4.69, 9.17) is 0 Å². The molecule has 8 aromatic carbocycles. The molecule has 0 aliphatic heterocycles. The highest BCUT2D eigenvalue weighted by Crippen LogP contribution is 2.40. The SMILES string of the molecule is N#Cc1ccc2c3ccccc3n(-c3ccccc3-c3ccc(-n4c5ccccc5c5ccc(-n6c7ccccc7c7ccccc76)cc54)c(C#N)c3)c2c1. The molecular formula is C50H29N5. The van der Waals surface area contributed by atoms with Crippen molar-refractivity contribution in [2.75, 3.05) is 0 Å². The maximum atomic E-state index is 10.9. The number of nitriles is 2. The van der Waals surface area contributed by atoms with Gasteiger partial charge in [-0.1, -0.05) is 109 Å². The number of rotatable bonds is 4. The van der Waals surface area contributed by atoms with Crippen LogP contribution in [0.5, 0.6) is 0 Å². The van der Waals surface area contributed by atoms with Crippen molar-refractivity contribution in [2.24, 2.45) is 0 Å². The summed E-state index contributed by atoms with van der Waals surface area (Å²) < 4.78 is 6.82. The van der Waals surface area contributed by atoms with Gasteiger partial charge in [-0.3, -0.25) is 0 Å². The summed E-state index contributed by atoms with van der Waals surface area (Å²) in [6.07, 6.45) is 0. The molecule has 11 aromatic rings. The summed E-state index contributed by atoms with van der Waals surface area (Å²) >= 11 is 0. The lowest BCUT2D eigenvalue weighted by Gasteiger charge is -2.16. The molecule has 11 rings (SSSR count).